The summed E-state index contributed by atoms with van der Waals surface area (Å²) in [5.74, 6) is -14.6. The molecule has 0 bridgehead atoms. The molecule has 5 aliphatic heterocycles. The molecule has 5 heterocycles. The van der Waals surface area contributed by atoms with E-state index in [0.717, 1.165) is 85.0 Å². The summed E-state index contributed by atoms with van der Waals surface area (Å²) in [6.45, 7) is 0.569. The highest BCUT2D eigenvalue weighted by atomic mass is 16.8. The molecule has 4 amide bonds. The number of unbranched alkanes of at least 4 members (excludes halogenated alkanes) is 33. The second-order valence-corrected chi connectivity index (χ2v) is 34.3. The molecular weight excluding hydrogens is 1630 g/mol. The normalized spacial score (nSPS) is 31.9. The van der Waals surface area contributed by atoms with Crippen LogP contribution in [0.4, 0.5) is 0 Å². The molecule has 5 rings (SSSR count). The zero-order valence-electron chi connectivity index (χ0n) is 73.4. The molecule has 0 aromatic heterocycles. The van der Waals surface area contributed by atoms with Crippen molar-refractivity contribution in [1.82, 2.24) is 21.3 Å². The number of hydrogen-bond donors (Lipinski definition) is 22. The van der Waals surface area contributed by atoms with Crippen molar-refractivity contribution in [3.05, 3.63) is 12.2 Å². The van der Waals surface area contributed by atoms with Crippen molar-refractivity contribution in [2.24, 2.45) is 0 Å². The summed E-state index contributed by atoms with van der Waals surface area (Å²) >= 11 is 0. The molecule has 0 aromatic rings. The lowest BCUT2D eigenvalue weighted by Gasteiger charge is -2.52. The summed E-state index contributed by atoms with van der Waals surface area (Å²) in [7, 11) is 0. The number of carbonyl (C=O) groups excluding carboxylic acids is 4. The summed E-state index contributed by atoms with van der Waals surface area (Å²) in [6, 6.07) is -6.82. The van der Waals surface area contributed by atoms with E-state index >= 15 is 0 Å². The van der Waals surface area contributed by atoms with Crippen molar-refractivity contribution in [3.63, 3.8) is 0 Å². The highest BCUT2D eigenvalue weighted by molar-refractivity contribution is 5.78. The number of amides is 4. The van der Waals surface area contributed by atoms with Crippen molar-refractivity contribution in [1.29, 1.82) is 0 Å². The molecule has 29 atom stereocenters. The number of nitrogens with one attached hydrogen (secondary N) is 4. The van der Waals surface area contributed by atoms with Gasteiger partial charge in [-0.25, -0.2) is 9.59 Å². The third-order valence-electron chi connectivity index (χ3n) is 24.0. The largest absolute Gasteiger partial charge is 0.477 e. The van der Waals surface area contributed by atoms with Crippen LogP contribution < -0.4 is 21.3 Å². The first-order chi connectivity index (χ1) is 59.3. The lowest BCUT2D eigenvalue weighted by molar-refractivity contribution is -0.402. The van der Waals surface area contributed by atoms with Crippen molar-refractivity contribution >= 4 is 35.6 Å². The summed E-state index contributed by atoms with van der Waals surface area (Å²) in [5, 5.41) is 213. The van der Waals surface area contributed by atoms with E-state index in [1.807, 2.05) is 0 Å². The van der Waals surface area contributed by atoms with E-state index < -0.39 is 265 Å². The first-order valence-corrected chi connectivity index (χ1v) is 45.7. The topological polar surface area (TPSA) is 607 Å². The second kappa shape index (κ2) is 59.0. The number of allylic oxidation sites excluding steroid dienone is 1. The molecule has 38 nitrogen and oxygen atoms in total. The van der Waals surface area contributed by atoms with E-state index in [2.05, 4.69) is 35.1 Å². The number of ether oxygens (including phenoxy) is 10. The minimum Gasteiger partial charge on any atom is -0.477 e. The minimum absolute atomic E-state index is 0.114. The van der Waals surface area contributed by atoms with Gasteiger partial charge in [0.2, 0.25) is 23.6 Å². The van der Waals surface area contributed by atoms with Gasteiger partial charge in [-0.1, -0.05) is 231 Å². The number of aliphatic hydroxyl groups is 16. The number of hydrogen-bond acceptors (Lipinski definition) is 32. The Bertz CT molecular complexity index is 3010. The Hall–Kier alpha value is -4.48. The van der Waals surface area contributed by atoms with Crippen LogP contribution in [-0.2, 0) is 76.1 Å². The van der Waals surface area contributed by atoms with Gasteiger partial charge in [-0.15, -0.1) is 0 Å². The van der Waals surface area contributed by atoms with E-state index in [9.17, 15) is 121 Å². The van der Waals surface area contributed by atoms with Crippen LogP contribution in [0.15, 0.2) is 12.2 Å². The van der Waals surface area contributed by atoms with E-state index in [-0.39, 0.29) is 6.42 Å². The van der Waals surface area contributed by atoms with Gasteiger partial charge in [-0.05, 0) is 19.3 Å². The molecule has 38 heteroatoms. The number of carboxylic acids is 2. The average molecular weight is 1790 g/mol. The van der Waals surface area contributed by atoms with Gasteiger partial charge in [-0.2, -0.15) is 0 Å². The molecule has 0 radical (unpaired) electrons. The first kappa shape index (κ1) is 110. The Morgan fingerprint density at radius 2 is 0.839 bits per heavy atom. The average Bonchev–Trinajstić information content (AvgIpc) is 0.867. The highest BCUT2D eigenvalue weighted by Gasteiger charge is 2.64. The maximum atomic E-state index is 14.2. The van der Waals surface area contributed by atoms with Crippen LogP contribution in [0.3, 0.4) is 0 Å². The van der Waals surface area contributed by atoms with Crippen LogP contribution in [0, 0.1) is 0 Å². The fraction of sp³-hybridized carbons (Fsp3) is 0.907. The standard InChI is InChI=1S/C86H154N4O34/c1-6-8-10-12-14-16-18-20-21-22-23-24-25-26-27-28-29-31-33-35-37-39-41-43-64(103)90-55(56(99)42-40-38-36-34-32-30-19-17-15-13-11-9-7-2)51-115-81-73(109)72(108)75(62(49-94)117-81)119-82-74(110)79(76(63(50-95)118-82)120-80-67(89-54(5)98)71(107)69(105)60(47-92)116-80)124-86(84(113)114)45-58(101)66(88-53(4)97)78(123-86)70(106)61(48-93)121-85(83(111)112)44-57(100)65(87-52(3)96)77(122-85)68(104)59(102)46-91/h40,42,55-63,65-82,91-95,99-102,104-110H,6-39,41,43-51H2,1-5H3,(H,87,96)(H,88,97)(H,89,98)(H,90,103)(H,111,112)(H,113,114)/t55-,56+,57-,58-,59+,60+,61+,62+,63+,65+,66+,67+,68+,69-,70+,71+,72+,73+,74+,75+,76-,77?,78?,79+,80-,81+,82-,85+,86-/m0/s1. The Morgan fingerprint density at radius 1 is 0.435 bits per heavy atom. The van der Waals surface area contributed by atoms with Gasteiger partial charge in [0.1, 0.15) is 110 Å². The van der Waals surface area contributed by atoms with Crippen LogP contribution in [-0.4, -0.2) is 344 Å². The summed E-state index contributed by atoms with van der Waals surface area (Å²) in [5.41, 5.74) is 0. The summed E-state index contributed by atoms with van der Waals surface area (Å²) in [4.78, 5) is 79.3. The summed E-state index contributed by atoms with van der Waals surface area (Å²) < 4.78 is 60.0. The van der Waals surface area contributed by atoms with E-state index in [4.69, 9.17) is 47.4 Å². The number of aliphatic hydroxyl groups excluding tert-OH is 16. The van der Waals surface area contributed by atoms with Crippen LogP contribution in [0.1, 0.15) is 279 Å². The molecule has 5 aliphatic rings. The number of carbonyl (C=O) groups is 6. The monoisotopic (exact) mass is 1790 g/mol. The van der Waals surface area contributed by atoms with Gasteiger partial charge < -0.3 is 161 Å². The molecule has 0 spiro atoms. The van der Waals surface area contributed by atoms with E-state index in [0.29, 0.717) is 12.8 Å². The van der Waals surface area contributed by atoms with Crippen molar-refractivity contribution in [2.45, 2.75) is 455 Å². The Morgan fingerprint density at radius 3 is 1.28 bits per heavy atom. The maximum absolute atomic E-state index is 14.2. The van der Waals surface area contributed by atoms with Crippen molar-refractivity contribution in [2.75, 3.05) is 39.6 Å². The quantitative estimate of drug-likeness (QED) is 0.0302. The van der Waals surface area contributed by atoms with Crippen LogP contribution in [0.25, 0.3) is 0 Å². The lowest BCUT2D eigenvalue weighted by atomic mass is 9.87. The molecule has 5 saturated heterocycles. The number of rotatable bonds is 64. The molecule has 0 saturated carbocycles. The fourth-order valence-corrected chi connectivity index (χ4v) is 16.8. The number of carboxylic acid groups (broad SMARTS) is 2. The zero-order chi connectivity index (χ0) is 91.5. The second-order valence-electron chi connectivity index (χ2n) is 34.3. The van der Waals surface area contributed by atoms with E-state index in [1.54, 1.807) is 6.08 Å². The fourth-order valence-electron chi connectivity index (χ4n) is 16.8. The zero-order valence-corrected chi connectivity index (χ0v) is 73.4. The molecule has 0 aliphatic carbocycles. The predicted molar refractivity (Wildman–Crippen MR) is 444 cm³/mol. The molecule has 0 aromatic carbocycles. The van der Waals surface area contributed by atoms with Crippen molar-refractivity contribution < 1.29 is 168 Å². The predicted octanol–water partition coefficient (Wildman–Crippen LogP) is 1.43. The van der Waals surface area contributed by atoms with Crippen molar-refractivity contribution in [3.8, 4) is 0 Å². The summed E-state index contributed by atoms with van der Waals surface area (Å²) in [6.07, 6.45) is -8.31. The third-order valence-corrected chi connectivity index (χ3v) is 24.0. The van der Waals surface area contributed by atoms with Gasteiger partial charge >= 0.3 is 11.9 Å². The first-order valence-electron chi connectivity index (χ1n) is 45.7. The van der Waals surface area contributed by atoms with Crippen LogP contribution in [0.5, 0.6) is 0 Å². The Labute approximate surface area is 729 Å². The molecular formula is C86H154N4O34. The Balaban J connectivity index is 1.37. The van der Waals surface area contributed by atoms with Gasteiger partial charge in [-0.3, -0.25) is 19.2 Å². The number of aliphatic carboxylic acids is 2. The van der Waals surface area contributed by atoms with Gasteiger partial charge in [0, 0.05) is 40.0 Å². The molecule has 124 heavy (non-hydrogen) atoms. The Kier molecular flexibility index (Phi) is 52.4. The van der Waals surface area contributed by atoms with E-state index in [1.165, 1.54) is 154 Å². The molecule has 2 unspecified atom stereocenters. The lowest BCUT2D eigenvalue weighted by Crippen LogP contribution is -2.72. The van der Waals surface area contributed by atoms with Crippen LogP contribution >= 0.6 is 0 Å². The van der Waals surface area contributed by atoms with Gasteiger partial charge in [0.05, 0.1) is 76.1 Å². The third kappa shape index (κ3) is 35.3. The smallest absolute Gasteiger partial charge is 0.364 e. The maximum Gasteiger partial charge on any atom is 0.364 e. The molecule has 722 valence electrons. The van der Waals surface area contributed by atoms with Crippen LogP contribution in [0.2, 0.25) is 0 Å². The van der Waals surface area contributed by atoms with Gasteiger partial charge in [0.25, 0.3) is 11.6 Å². The minimum atomic E-state index is -3.59. The van der Waals surface area contributed by atoms with Gasteiger partial charge in [0.15, 0.2) is 18.9 Å². The highest BCUT2D eigenvalue weighted by Crippen LogP contribution is 2.43. The molecule has 22 N–H and O–H groups in total. The molecule has 5 fully saturated rings. The SMILES string of the molecule is CCCCCCCCCCCCCC=C[C@@H](O)[C@H](CO[C@@H]1O[C@H](CO)[C@@H](O[C@@H]2O[C@H](CO)[C@H](O[C@@H]3O[C@H](CO)[C@H](O)[C@H](O)[C@H]3NC(C)=O)[C@H](O[C@]3(C(=O)O)C[C@H](O)[C@@H](NC(C)=O)C([C@H](O)[C@@H](CO)O[C@]4(C(=O)O)C[C@H](O)[C@@H](NC(C)=O)C([C@H](O)[C@H](O)CO)O4)O3)[C@H]2O)[C@H](O)[C@H]1O)NC(=O)CCCCCCCCCCCCCCCCCCCCCCCCC.